The van der Waals surface area contributed by atoms with Crippen LogP contribution < -0.4 is 15.5 Å². The predicted octanol–water partition coefficient (Wildman–Crippen LogP) is 4.53. The normalized spacial score (nSPS) is 14.8. The lowest BCUT2D eigenvalue weighted by molar-refractivity contribution is -0.115. The fraction of sp³-hybridized carbons (Fsp3) is 0.417. The second kappa shape index (κ2) is 10.2. The Balaban J connectivity index is 1.79. The Morgan fingerprint density at radius 3 is 2.43 bits per heavy atom. The van der Waals surface area contributed by atoms with Crippen LogP contribution in [0.1, 0.15) is 55.5 Å². The average Bonchev–Trinajstić information content (AvgIpc) is 2.75. The molecule has 30 heavy (non-hydrogen) atoms. The molecule has 1 aliphatic rings. The van der Waals surface area contributed by atoms with Crippen molar-refractivity contribution in [2.75, 3.05) is 23.3 Å². The van der Waals surface area contributed by atoms with Gasteiger partial charge >= 0.3 is 0 Å². The number of nitrogens with zero attached hydrogens (tertiary/aromatic N) is 1. The van der Waals surface area contributed by atoms with Gasteiger partial charge in [0.25, 0.3) is 5.91 Å². The first-order valence-electron chi connectivity index (χ1n) is 10.7. The number of carbonyl (C=O) groups excluding carboxylic acids is 2. The molecular weight excluding hydrogens is 381 g/mol. The summed E-state index contributed by atoms with van der Waals surface area (Å²) in [6, 6.07) is 11.5. The molecular formula is C24H30FN3O2. The number of rotatable bonds is 7. The number of hydrogen-bond acceptors (Lipinski definition) is 3. The molecule has 5 nitrogen and oxygen atoms in total. The molecule has 1 atom stereocenters. The van der Waals surface area contributed by atoms with Crippen molar-refractivity contribution in [2.45, 2.75) is 52.0 Å². The number of nitrogens with one attached hydrogen (secondary N) is 2. The third-order valence-electron chi connectivity index (χ3n) is 5.49. The van der Waals surface area contributed by atoms with E-state index in [0.29, 0.717) is 11.3 Å². The lowest BCUT2D eigenvalue weighted by atomic mass is 10.0. The number of amides is 2. The molecule has 6 heteroatoms. The van der Waals surface area contributed by atoms with E-state index in [9.17, 15) is 14.0 Å². The molecule has 0 saturated carbocycles. The third kappa shape index (κ3) is 5.81. The van der Waals surface area contributed by atoms with Crippen LogP contribution in [-0.4, -0.2) is 30.9 Å². The first-order valence-corrected chi connectivity index (χ1v) is 10.7. The molecule has 2 aromatic rings. The summed E-state index contributed by atoms with van der Waals surface area (Å²) in [7, 11) is 0. The lowest BCUT2D eigenvalue weighted by Crippen LogP contribution is -2.35. The van der Waals surface area contributed by atoms with Crippen LogP contribution in [0.5, 0.6) is 0 Å². The second-order valence-electron chi connectivity index (χ2n) is 7.91. The van der Waals surface area contributed by atoms with Gasteiger partial charge in [-0.3, -0.25) is 9.59 Å². The first kappa shape index (κ1) is 21.8. The van der Waals surface area contributed by atoms with Gasteiger partial charge in [-0.25, -0.2) is 4.39 Å². The van der Waals surface area contributed by atoms with Gasteiger partial charge in [0.05, 0.1) is 12.0 Å². The Morgan fingerprint density at radius 2 is 1.77 bits per heavy atom. The van der Waals surface area contributed by atoms with E-state index < -0.39 is 0 Å². The van der Waals surface area contributed by atoms with Crippen LogP contribution in [0.2, 0.25) is 0 Å². The largest absolute Gasteiger partial charge is 0.371 e. The maximum Gasteiger partial charge on any atom is 0.253 e. The first-order chi connectivity index (χ1) is 14.5. The van der Waals surface area contributed by atoms with E-state index in [1.807, 2.05) is 26.0 Å². The minimum Gasteiger partial charge on any atom is -0.371 e. The number of piperidine rings is 1. The molecule has 1 fully saturated rings. The van der Waals surface area contributed by atoms with Crippen molar-refractivity contribution >= 4 is 23.2 Å². The molecule has 3 rings (SSSR count). The van der Waals surface area contributed by atoms with Crippen molar-refractivity contribution in [3.8, 4) is 0 Å². The van der Waals surface area contributed by atoms with Crippen LogP contribution in [-0.2, 0) is 11.2 Å². The van der Waals surface area contributed by atoms with Gasteiger partial charge in [-0.05, 0) is 68.5 Å². The second-order valence-corrected chi connectivity index (χ2v) is 7.91. The Labute approximate surface area is 177 Å². The SMILES string of the molecule is CCC(C)NC(=O)c1cc(NC(=O)Cc2ccc(F)cc2)ccc1N1CCCCC1. The highest BCUT2D eigenvalue weighted by Crippen LogP contribution is 2.27. The Hall–Kier alpha value is -2.89. The van der Waals surface area contributed by atoms with Gasteiger partial charge in [0, 0.05) is 30.5 Å². The standard InChI is InChI=1S/C24H30FN3O2/c1-3-17(2)26-24(30)21-16-20(11-12-22(21)28-13-5-4-6-14-28)27-23(29)15-18-7-9-19(25)10-8-18/h7-12,16-17H,3-6,13-15H2,1-2H3,(H,26,30)(H,27,29). The fourth-order valence-electron chi connectivity index (χ4n) is 3.60. The maximum atomic E-state index is 13.1. The molecule has 2 amide bonds. The van der Waals surface area contributed by atoms with E-state index in [2.05, 4.69) is 15.5 Å². The van der Waals surface area contributed by atoms with Gasteiger partial charge < -0.3 is 15.5 Å². The van der Waals surface area contributed by atoms with Gasteiger partial charge in [-0.15, -0.1) is 0 Å². The zero-order valence-electron chi connectivity index (χ0n) is 17.7. The maximum absolute atomic E-state index is 13.1. The minimum atomic E-state index is -0.329. The predicted molar refractivity (Wildman–Crippen MR) is 118 cm³/mol. The number of hydrogen-bond donors (Lipinski definition) is 2. The quantitative estimate of drug-likeness (QED) is 0.704. The Kier molecular flexibility index (Phi) is 7.44. The molecule has 0 aliphatic carbocycles. The van der Waals surface area contributed by atoms with Gasteiger partial charge in [-0.2, -0.15) is 0 Å². The van der Waals surface area contributed by atoms with E-state index in [0.717, 1.165) is 43.6 Å². The highest BCUT2D eigenvalue weighted by Gasteiger charge is 2.20. The highest BCUT2D eigenvalue weighted by atomic mass is 19.1. The number of benzene rings is 2. The van der Waals surface area contributed by atoms with Crippen molar-refractivity contribution in [2.24, 2.45) is 0 Å². The molecule has 1 saturated heterocycles. The third-order valence-corrected chi connectivity index (χ3v) is 5.49. The summed E-state index contributed by atoms with van der Waals surface area (Å²) in [5, 5.41) is 5.90. The number of halogens is 1. The molecule has 2 N–H and O–H groups in total. The number of anilines is 2. The van der Waals surface area contributed by atoms with Gasteiger partial charge in [-0.1, -0.05) is 19.1 Å². The monoisotopic (exact) mass is 411 g/mol. The Morgan fingerprint density at radius 1 is 1.07 bits per heavy atom. The molecule has 1 heterocycles. The van der Waals surface area contributed by atoms with Gasteiger partial charge in [0.1, 0.15) is 5.82 Å². The van der Waals surface area contributed by atoms with E-state index in [-0.39, 0.29) is 30.1 Å². The summed E-state index contributed by atoms with van der Waals surface area (Å²) >= 11 is 0. The van der Waals surface area contributed by atoms with Crippen molar-refractivity contribution in [1.82, 2.24) is 5.32 Å². The smallest absolute Gasteiger partial charge is 0.253 e. The van der Waals surface area contributed by atoms with Gasteiger partial charge in [0.15, 0.2) is 0 Å². The van der Waals surface area contributed by atoms with Crippen LogP contribution in [0.25, 0.3) is 0 Å². The summed E-state index contributed by atoms with van der Waals surface area (Å²) in [4.78, 5) is 27.6. The minimum absolute atomic E-state index is 0.0726. The van der Waals surface area contributed by atoms with Crippen LogP contribution in [0.4, 0.5) is 15.8 Å². The van der Waals surface area contributed by atoms with Crippen molar-refractivity contribution in [3.63, 3.8) is 0 Å². The molecule has 0 aromatic heterocycles. The lowest BCUT2D eigenvalue weighted by Gasteiger charge is -2.31. The molecule has 2 aromatic carbocycles. The summed E-state index contributed by atoms with van der Waals surface area (Å²) in [5.41, 5.74) is 2.80. The highest BCUT2D eigenvalue weighted by molar-refractivity contribution is 6.02. The van der Waals surface area contributed by atoms with Crippen molar-refractivity contribution in [3.05, 3.63) is 59.4 Å². The van der Waals surface area contributed by atoms with E-state index in [4.69, 9.17) is 0 Å². The molecule has 0 spiro atoms. The van der Waals surface area contributed by atoms with E-state index in [1.165, 1.54) is 18.6 Å². The van der Waals surface area contributed by atoms with Crippen LogP contribution in [0, 0.1) is 5.82 Å². The molecule has 1 aliphatic heterocycles. The topological polar surface area (TPSA) is 61.4 Å². The average molecular weight is 412 g/mol. The van der Waals surface area contributed by atoms with E-state index >= 15 is 0 Å². The Bertz CT molecular complexity index is 877. The fourth-order valence-corrected chi connectivity index (χ4v) is 3.60. The molecule has 1 unspecified atom stereocenters. The van der Waals surface area contributed by atoms with Gasteiger partial charge in [0.2, 0.25) is 5.91 Å². The summed E-state index contributed by atoms with van der Waals surface area (Å²) < 4.78 is 13.1. The molecule has 160 valence electrons. The van der Waals surface area contributed by atoms with E-state index in [1.54, 1.807) is 18.2 Å². The molecule has 0 radical (unpaired) electrons. The zero-order valence-corrected chi connectivity index (χ0v) is 17.7. The van der Waals surface area contributed by atoms with Crippen molar-refractivity contribution in [1.29, 1.82) is 0 Å². The zero-order chi connectivity index (χ0) is 21.5. The van der Waals surface area contributed by atoms with Crippen LogP contribution in [0.3, 0.4) is 0 Å². The van der Waals surface area contributed by atoms with Crippen molar-refractivity contribution < 1.29 is 14.0 Å². The summed E-state index contributed by atoms with van der Waals surface area (Å²) in [6.07, 6.45) is 4.43. The number of carbonyl (C=O) groups is 2. The summed E-state index contributed by atoms with van der Waals surface area (Å²) in [6.45, 7) is 5.87. The van der Waals surface area contributed by atoms with Crippen LogP contribution in [0.15, 0.2) is 42.5 Å². The summed E-state index contributed by atoms with van der Waals surface area (Å²) in [5.74, 6) is -0.662. The van der Waals surface area contributed by atoms with Crippen LogP contribution >= 0.6 is 0 Å². The molecule has 0 bridgehead atoms.